The topological polar surface area (TPSA) is 82.2 Å². The molecular weight excluding hydrogens is 583 g/mol. The molecule has 0 radical (unpaired) electrons. The number of halogens is 2. The molecule has 2 heterocycles. The van der Waals surface area contributed by atoms with Crippen molar-refractivity contribution in [1.82, 2.24) is 15.3 Å². The average Bonchev–Trinajstić information content (AvgIpc) is 2.93. The Morgan fingerprint density at radius 3 is 1.95 bits per heavy atom. The first-order chi connectivity index (χ1) is 19.6. The van der Waals surface area contributed by atoms with Gasteiger partial charge in [0.2, 0.25) is 0 Å². The van der Waals surface area contributed by atoms with E-state index in [1.165, 1.54) is 13.3 Å². The standard InChI is InChI=1S/C30H32Cl2N4O4S/c1-33-30(37)40-36-16-14-34(15-17-36)27-5-3-4-23(18-27)29(41(2,38)39)24-19-35(20-24)28(21-6-10-25(31)11-7-21)22-8-12-26(32)13-9-22/h3-13,18,28H,14-17,19-20H2,1-2H3,(H,33,37). The van der Waals surface area contributed by atoms with Crippen LogP contribution in [0.1, 0.15) is 22.7 Å². The van der Waals surface area contributed by atoms with Crippen LogP contribution in [0.15, 0.2) is 78.4 Å². The molecule has 2 aliphatic heterocycles. The number of nitrogens with one attached hydrogen (secondary N) is 1. The highest BCUT2D eigenvalue weighted by molar-refractivity contribution is 8.00. The normalized spacial score (nSPS) is 16.4. The molecule has 0 saturated carbocycles. The van der Waals surface area contributed by atoms with Gasteiger partial charge in [-0.1, -0.05) is 59.6 Å². The zero-order chi connectivity index (χ0) is 29.1. The quantitative estimate of drug-likeness (QED) is 0.389. The Balaban J connectivity index is 1.39. The fraction of sp³-hybridized carbons (Fsp3) is 0.300. The molecule has 11 heteroatoms. The smallest absolute Gasteiger partial charge is 0.369 e. The van der Waals surface area contributed by atoms with Crippen LogP contribution < -0.4 is 10.2 Å². The first-order valence-corrected chi connectivity index (χ1v) is 15.9. The zero-order valence-corrected chi connectivity index (χ0v) is 25.2. The van der Waals surface area contributed by atoms with Crippen LogP contribution in [0.25, 0.3) is 4.91 Å². The number of nitrogens with zero attached hydrogens (tertiary/aromatic N) is 3. The monoisotopic (exact) mass is 614 g/mol. The van der Waals surface area contributed by atoms with Crippen LogP contribution in [0.5, 0.6) is 0 Å². The van der Waals surface area contributed by atoms with Crippen LogP contribution in [-0.2, 0) is 14.7 Å². The number of carbonyl (C=O) groups excluding carboxylic acids is 1. The van der Waals surface area contributed by atoms with Gasteiger partial charge in [0, 0.05) is 55.2 Å². The van der Waals surface area contributed by atoms with Gasteiger partial charge in [0.1, 0.15) is 0 Å². The number of hydrogen-bond acceptors (Lipinski definition) is 7. The van der Waals surface area contributed by atoms with E-state index in [1.807, 2.05) is 72.8 Å². The summed E-state index contributed by atoms with van der Waals surface area (Å²) in [6.45, 7) is 3.40. The highest BCUT2D eigenvalue weighted by atomic mass is 35.5. The molecule has 0 aromatic heterocycles. The second-order valence-electron chi connectivity index (χ2n) is 10.2. The van der Waals surface area contributed by atoms with E-state index in [2.05, 4.69) is 15.1 Å². The number of hydroxylamine groups is 2. The van der Waals surface area contributed by atoms with E-state index in [-0.39, 0.29) is 6.04 Å². The minimum absolute atomic E-state index is 0.0752. The van der Waals surface area contributed by atoms with Gasteiger partial charge in [-0.3, -0.25) is 4.90 Å². The SMILES string of the molecule is CNC(=O)ON1CCN(c2cccc(C(=C3CN(C(c4ccc(Cl)cc4)c4ccc(Cl)cc4)C3)S(C)(=O)=O)c2)CC1. The summed E-state index contributed by atoms with van der Waals surface area (Å²) in [5.41, 5.74) is 4.62. The number of hydrogen-bond donors (Lipinski definition) is 1. The minimum atomic E-state index is -3.51. The Morgan fingerprint density at radius 2 is 1.44 bits per heavy atom. The van der Waals surface area contributed by atoms with Gasteiger partial charge < -0.3 is 15.1 Å². The van der Waals surface area contributed by atoms with Crippen LogP contribution in [0.2, 0.25) is 10.0 Å². The first kappa shape index (κ1) is 29.4. The minimum Gasteiger partial charge on any atom is -0.369 e. The number of benzene rings is 3. The van der Waals surface area contributed by atoms with Crippen molar-refractivity contribution in [2.45, 2.75) is 6.04 Å². The fourth-order valence-corrected chi connectivity index (χ4v) is 6.86. The number of likely N-dealkylation sites (tertiary alicyclic amines) is 1. The third-order valence-corrected chi connectivity index (χ3v) is 9.11. The number of rotatable bonds is 7. The van der Waals surface area contributed by atoms with Crippen molar-refractivity contribution >= 4 is 49.7 Å². The molecule has 5 rings (SSSR count). The number of amides is 1. The summed E-state index contributed by atoms with van der Waals surface area (Å²) in [4.78, 5) is 21.6. The lowest BCUT2D eigenvalue weighted by Crippen LogP contribution is -2.48. The van der Waals surface area contributed by atoms with Crippen LogP contribution >= 0.6 is 23.2 Å². The summed E-state index contributed by atoms with van der Waals surface area (Å²) >= 11 is 12.3. The van der Waals surface area contributed by atoms with E-state index in [9.17, 15) is 13.2 Å². The third-order valence-electron chi connectivity index (χ3n) is 7.34. The number of anilines is 1. The van der Waals surface area contributed by atoms with Gasteiger partial charge in [-0.2, -0.15) is 0 Å². The van der Waals surface area contributed by atoms with Gasteiger partial charge in [-0.05, 0) is 58.7 Å². The Morgan fingerprint density at radius 1 is 0.878 bits per heavy atom. The molecule has 216 valence electrons. The molecule has 1 amide bonds. The molecule has 8 nitrogen and oxygen atoms in total. The molecule has 0 aliphatic carbocycles. The predicted octanol–water partition coefficient (Wildman–Crippen LogP) is 5.25. The summed E-state index contributed by atoms with van der Waals surface area (Å²) in [6.07, 6.45) is 0.781. The molecule has 0 atom stereocenters. The van der Waals surface area contributed by atoms with Crippen LogP contribution in [-0.4, -0.2) is 77.0 Å². The second kappa shape index (κ2) is 12.4. The molecule has 2 saturated heterocycles. The maximum absolute atomic E-state index is 13.1. The molecule has 2 aliphatic rings. The van der Waals surface area contributed by atoms with Crippen LogP contribution in [0.4, 0.5) is 10.5 Å². The molecular formula is C30H32Cl2N4O4S. The van der Waals surface area contributed by atoms with Crippen molar-refractivity contribution in [3.63, 3.8) is 0 Å². The summed E-state index contributed by atoms with van der Waals surface area (Å²) in [5.74, 6) is 0. The zero-order valence-electron chi connectivity index (χ0n) is 22.9. The van der Waals surface area contributed by atoms with Gasteiger partial charge in [0.25, 0.3) is 0 Å². The summed E-state index contributed by atoms with van der Waals surface area (Å²) in [5, 5.41) is 5.40. The average molecular weight is 616 g/mol. The molecule has 0 spiro atoms. The van der Waals surface area contributed by atoms with Gasteiger partial charge >= 0.3 is 6.09 Å². The molecule has 41 heavy (non-hydrogen) atoms. The summed E-state index contributed by atoms with van der Waals surface area (Å²) in [6, 6.07) is 23.1. The first-order valence-electron chi connectivity index (χ1n) is 13.3. The van der Waals surface area contributed by atoms with E-state index in [0.717, 1.165) is 22.4 Å². The number of carbonyl (C=O) groups is 1. The molecule has 0 unspecified atom stereocenters. The van der Waals surface area contributed by atoms with Crippen molar-refractivity contribution in [2.24, 2.45) is 0 Å². The van der Waals surface area contributed by atoms with Gasteiger partial charge in [0.15, 0.2) is 9.84 Å². The highest BCUT2D eigenvalue weighted by Gasteiger charge is 2.35. The van der Waals surface area contributed by atoms with Crippen LogP contribution in [0.3, 0.4) is 0 Å². The van der Waals surface area contributed by atoms with E-state index in [0.29, 0.717) is 59.8 Å². The number of piperazine rings is 1. The maximum atomic E-state index is 13.1. The summed E-state index contributed by atoms with van der Waals surface area (Å²) in [7, 11) is -1.99. The van der Waals surface area contributed by atoms with Crippen molar-refractivity contribution in [2.75, 3.05) is 57.5 Å². The molecule has 3 aromatic rings. The van der Waals surface area contributed by atoms with E-state index in [4.69, 9.17) is 28.0 Å². The largest absolute Gasteiger partial charge is 0.426 e. The van der Waals surface area contributed by atoms with Crippen molar-refractivity contribution in [3.05, 3.63) is 105 Å². The van der Waals surface area contributed by atoms with Crippen molar-refractivity contribution in [1.29, 1.82) is 0 Å². The van der Waals surface area contributed by atoms with Crippen molar-refractivity contribution < 1.29 is 18.0 Å². The Bertz CT molecular complexity index is 1480. The van der Waals surface area contributed by atoms with Gasteiger partial charge in [-0.25, -0.2) is 13.2 Å². The second-order valence-corrected chi connectivity index (χ2v) is 13.0. The fourth-order valence-electron chi connectivity index (χ4n) is 5.40. The Hall–Kier alpha value is -3.08. The van der Waals surface area contributed by atoms with E-state index < -0.39 is 15.9 Å². The molecule has 1 N–H and O–H groups in total. The lowest BCUT2D eigenvalue weighted by atomic mass is 9.92. The molecule has 3 aromatic carbocycles. The van der Waals surface area contributed by atoms with Gasteiger partial charge in [0.05, 0.1) is 24.0 Å². The van der Waals surface area contributed by atoms with Gasteiger partial charge in [-0.15, -0.1) is 5.06 Å². The van der Waals surface area contributed by atoms with Crippen molar-refractivity contribution in [3.8, 4) is 0 Å². The number of sulfone groups is 1. The predicted molar refractivity (Wildman–Crippen MR) is 164 cm³/mol. The lowest BCUT2D eigenvalue weighted by Gasteiger charge is -2.42. The third kappa shape index (κ3) is 6.88. The summed E-state index contributed by atoms with van der Waals surface area (Å²) < 4.78 is 26.3. The molecule has 2 fully saturated rings. The lowest BCUT2D eigenvalue weighted by molar-refractivity contribution is -0.102. The Kier molecular flexibility index (Phi) is 8.91. The van der Waals surface area contributed by atoms with E-state index >= 15 is 0 Å². The van der Waals surface area contributed by atoms with E-state index in [1.54, 1.807) is 5.06 Å². The maximum Gasteiger partial charge on any atom is 0.426 e. The molecule has 0 bridgehead atoms. The Labute approximate surface area is 251 Å². The van der Waals surface area contributed by atoms with Crippen LogP contribution in [0, 0.1) is 0 Å². The highest BCUT2D eigenvalue weighted by Crippen LogP contribution is 2.39.